The second-order valence-corrected chi connectivity index (χ2v) is 4.49. The molecule has 1 N–H and O–H groups in total. The topological polar surface area (TPSA) is 65.0 Å². The summed E-state index contributed by atoms with van der Waals surface area (Å²) in [6.07, 6.45) is 5.65. The van der Waals surface area contributed by atoms with Crippen molar-refractivity contribution < 1.29 is 24.4 Å². The molecular formula is C16H22O5. The molecule has 0 aliphatic heterocycles. The Morgan fingerprint density at radius 3 is 2.33 bits per heavy atom. The second-order valence-electron chi connectivity index (χ2n) is 4.49. The molecule has 21 heavy (non-hydrogen) atoms. The number of carboxylic acid groups (broad SMARTS) is 1. The zero-order valence-electron chi connectivity index (χ0n) is 12.1. The number of carbonyl (C=O) groups is 1. The van der Waals surface area contributed by atoms with Gasteiger partial charge in [-0.1, -0.05) is 12.5 Å². The van der Waals surface area contributed by atoms with Gasteiger partial charge in [0.15, 0.2) is 0 Å². The largest absolute Gasteiger partial charge is 0.494 e. The monoisotopic (exact) mass is 294 g/mol. The highest BCUT2D eigenvalue weighted by Gasteiger charge is 2.01. The van der Waals surface area contributed by atoms with Crippen molar-refractivity contribution in [2.45, 2.75) is 25.7 Å². The number of rotatable bonds is 12. The van der Waals surface area contributed by atoms with Crippen molar-refractivity contribution in [1.29, 1.82) is 0 Å². The first-order chi connectivity index (χ1) is 10.2. The lowest BCUT2D eigenvalue weighted by molar-refractivity contribution is -0.286. The summed E-state index contributed by atoms with van der Waals surface area (Å²) >= 11 is 0. The molecule has 0 fully saturated rings. The van der Waals surface area contributed by atoms with E-state index in [2.05, 4.69) is 6.58 Å². The molecule has 0 atom stereocenters. The number of hydrogen-bond acceptors (Lipinski definition) is 4. The lowest BCUT2D eigenvalue weighted by Crippen LogP contribution is -2.00. The summed E-state index contributed by atoms with van der Waals surface area (Å²) in [6, 6.07) is 6.43. The zero-order valence-corrected chi connectivity index (χ0v) is 12.1. The molecule has 116 valence electrons. The van der Waals surface area contributed by atoms with E-state index in [4.69, 9.17) is 19.6 Å². The number of hydrogen-bond donors (Lipinski definition) is 1. The molecule has 0 heterocycles. The summed E-state index contributed by atoms with van der Waals surface area (Å²) < 4.78 is 5.54. The third-order valence-electron chi connectivity index (χ3n) is 2.76. The average molecular weight is 294 g/mol. The predicted octanol–water partition coefficient (Wildman–Crippen LogP) is 3.46. The van der Waals surface area contributed by atoms with Crippen molar-refractivity contribution in [3.63, 3.8) is 0 Å². The van der Waals surface area contributed by atoms with Crippen LogP contribution in [0.25, 0.3) is 0 Å². The van der Waals surface area contributed by atoms with E-state index in [1.165, 1.54) is 12.1 Å². The predicted molar refractivity (Wildman–Crippen MR) is 79.5 cm³/mol. The van der Waals surface area contributed by atoms with E-state index in [0.29, 0.717) is 25.6 Å². The van der Waals surface area contributed by atoms with Gasteiger partial charge in [-0.3, -0.25) is 0 Å². The van der Waals surface area contributed by atoms with Crippen LogP contribution in [0.5, 0.6) is 5.75 Å². The van der Waals surface area contributed by atoms with E-state index in [9.17, 15) is 4.79 Å². The van der Waals surface area contributed by atoms with Gasteiger partial charge in [0.1, 0.15) is 12.4 Å². The molecule has 0 radical (unpaired) electrons. The fourth-order valence-electron chi connectivity index (χ4n) is 1.66. The minimum Gasteiger partial charge on any atom is -0.494 e. The third kappa shape index (κ3) is 8.12. The van der Waals surface area contributed by atoms with Gasteiger partial charge in [0.25, 0.3) is 0 Å². The van der Waals surface area contributed by atoms with Crippen molar-refractivity contribution in [3.8, 4) is 5.75 Å². The van der Waals surface area contributed by atoms with Crippen LogP contribution in [0.3, 0.4) is 0 Å². The van der Waals surface area contributed by atoms with Crippen LogP contribution in [0.2, 0.25) is 0 Å². The molecule has 5 nitrogen and oxygen atoms in total. The van der Waals surface area contributed by atoms with Gasteiger partial charge in [-0.2, -0.15) is 0 Å². The maximum Gasteiger partial charge on any atom is 0.335 e. The maximum absolute atomic E-state index is 10.7. The van der Waals surface area contributed by atoms with Crippen molar-refractivity contribution >= 4 is 5.97 Å². The van der Waals surface area contributed by atoms with Gasteiger partial charge >= 0.3 is 5.97 Å². The first-order valence-corrected chi connectivity index (χ1v) is 7.05. The minimum atomic E-state index is -0.930. The number of ether oxygens (including phenoxy) is 1. The molecule has 0 saturated carbocycles. The van der Waals surface area contributed by atoms with Crippen LogP contribution in [-0.2, 0) is 9.78 Å². The Morgan fingerprint density at radius 2 is 1.71 bits per heavy atom. The first kappa shape index (κ1) is 17.2. The van der Waals surface area contributed by atoms with E-state index < -0.39 is 5.97 Å². The standard InChI is InChI=1S/C16H22O5/c1-2-11-20-21-13-6-4-3-5-12-19-15-9-7-14(8-10-15)16(17)18/h2,7-10H,1,3-6,11-13H2,(H,17,18). The molecular weight excluding hydrogens is 272 g/mol. The van der Waals surface area contributed by atoms with Gasteiger partial charge in [0.2, 0.25) is 0 Å². The van der Waals surface area contributed by atoms with E-state index in [-0.39, 0.29) is 5.56 Å². The Kier molecular flexibility index (Phi) is 8.91. The molecule has 0 aliphatic carbocycles. The Labute approximate surface area is 125 Å². The highest BCUT2D eigenvalue weighted by atomic mass is 17.2. The zero-order chi connectivity index (χ0) is 15.3. The van der Waals surface area contributed by atoms with Gasteiger partial charge in [0.05, 0.1) is 18.8 Å². The number of carboxylic acids is 1. The maximum atomic E-state index is 10.7. The first-order valence-electron chi connectivity index (χ1n) is 7.05. The highest BCUT2D eigenvalue weighted by Crippen LogP contribution is 2.13. The van der Waals surface area contributed by atoms with Crippen LogP contribution < -0.4 is 4.74 Å². The van der Waals surface area contributed by atoms with Gasteiger partial charge < -0.3 is 9.84 Å². The molecule has 0 saturated heterocycles. The molecule has 0 aliphatic rings. The normalized spacial score (nSPS) is 10.3. The van der Waals surface area contributed by atoms with Gasteiger partial charge in [-0.15, -0.1) is 6.58 Å². The van der Waals surface area contributed by atoms with Crippen LogP contribution in [0.4, 0.5) is 0 Å². The molecule has 0 bridgehead atoms. The van der Waals surface area contributed by atoms with E-state index in [0.717, 1.165) is 25.7 Å². The summed E-state index contributed by atoms with van der Waals surface area (Å²) in [7, 11) is 0. The quantitative estimate of drug-likeness (QED) is 0.277. The lowest BCUT2D eigenvalue weighted by Gasteiger charge is -2.06. The molecule has 1 aromatic carbocycles. The summed E-state index contributed by atoms with van der Waals surface area (Å²) in [6.45, 7) is 5.14. The molecule has 1 aromatic rings. The van der Waals surface area contributed by atoms with E-state index in [1.807, 2.05) is 0 Å². The Morgan fingerprint density at radius 1 is 1.05 bits per heavy atom. The molecule has 1 rings (SSSR count). The van der Waals surface area contributed by atoms with Gasteiger partial charge in [-0.25, -0.2) is 14.6 Å². The average Bonchev–Trinajstić information content (AvgIpc) is 2.49. The highest BCUT2D eigenvalue weighted by molar-refractivity contribution is 5.87. The van der Waals surface area contributed by atoms with Crippen molar-refractivity contribution in [2.24, 2.45) is 0 Å². The van der Waals surface area contributed by atoms with E-state index in [1.54, 1.807) is 18.2 Å². The molecule has 0 aromatic heterocycles. The lowest BCUT2D eigenvalue weighted by atomic mass is 10.2. The van der Waals surface area contributed by atoms with Crippen molar-refractivity contribution in [2.75, 3.05) is 19.8 Å². The van der Waals surface area contributed by atoms with Crippen molar-refractivity contribution in [3.05, 3.63) is 42.5 Å². The Bertz CT molecular complexity index is 413. The summed E-state index contributed by atoms with van der Waals surface area (Å²) in [5.74, 6) is -0.234. The van der Waals surface area contributed by atoms with Gasteiger partial charge in [-0.05, 0) is 43.5 Å². The summed E-state index contributed by atoms with van der Waals surface area (Å²) in [5.41, 5.74) is 0.265. The summed E-state index contributed by atoms with van der Waals surface area (Å²) in [5, 5.41) is 8.78. The third-order valence-corrected chi connectivity index (χ3v) is 2.76. The van der Waals surface area contributed by atoms with Crippen molar-refractivity contribution in [1.82, 2.24) is 0 Å². The SMILES string of the molecule is C=CCOOCCCCCCOc1ccc(C(=O)O)cc1. The second kappa shape index (κ2) is 10.9. The fraction of sp³-hybridized carbons (Fsp3) is 0.438. The van der Waals surface area contributed by atoms with Gasteiger partial charge in [0, 0.05) is 0 Å². The molecule has 0 spiro atoms. The fourth-order valence-corrected chi connectivity index (χ4v) is 1.66. The Hall–Kier alpha value is -1.85. The Balaban J connectivity index is 1.99. The van der Waals surface area contributed by atoms with Crippen LogP contribution >= 0.6 is 0 Å². The summed E-state index contributed by atoms with van der Waals surface area (Å²) in [4.78, 5) is 20.4. The molecule has 5 heteroatoms. The van der Waals surface area contributed by atoms with Crippen LogP contribution in [0, 0.1) is 0 Å². The number of aromatic carboxylic acids is 1. The minimum absolute atomic E-state index is 0.265. The number of benzene rings is 1. The molecule has 0 amide bonds. The van der Waals surface area contributed by atoms with Crippen LogP contribution in [-0.4, -0.2) is 30.9 Å². The number of unbranched alkanes of at least 4 members (excludes halogenated alkanes) is 3. The van der Waals surface area contributed by atoms with Crippen LogP contribution in [0.1, 0.15) is 36.0 Å². The smallest absolute Gasteiger partial charge is 0.335 e. The molecule has 0 unspecified atom stereocenters. The van der Waals surface area contributed by atoms with Crippen LogP contribution in [0.15, 0.2) is 36.9 Å². The van der Waals surface area contributed by atoms with E-state index >= 15 is 0 Å².